The average Bonchev–Trinajstić information content (AvgIpc) is 2.73. The van der Waals surface area contributed by atoms with Crippen molar-refractivity contribution < 1.29 is 19.2 Å². The van der Waals surface area contributed by atoms with Crippen LogP contribution in [-0.2, 0) is 9.59 Å². The molecule has 1 rings (SSSR count). The zero-order chi connectivity index (χ0) is 16.0. The largest absolute Gasteiger partial charge is 0.481 e. The molecule has 6 heteroatoms. The maximum Gasteiger partial charge on any atom is 0.308 e. The number of rotatable bonds is 8. The summed E-state index contributed by atoms with van der Waals surface area (Å²) in [6, 6.07) is 0. The van der Waals surface area contributed by atoms with Crippen LogP contribution in [0.5, 0.6) is 0 Å². The fraction of sp³-hybridized carbons (Fsp3) is 0.667. The van der Waals surface area contributed by atoms with E-state index in [0.717, 1.165) is 23.4 Å². The molecule has 0 saturated carbocycles. The number of carboxylic acids is 1. The lowest BCUT2D eigenvalue weighted by molar-refractivity contribution is -0.141. The molecule has 118 valence electrons. The third kappa shape index (κ3) is 4.88. The van der Waals surface area contributed by atoms with Crippen LogP contribution in [0.4, 0.5) is 0 Å². The van der Waals surface area contributed by atoms with Gasteiger partial charge in [-0.25, -0.2) is 0 Å². The molecule has 0 radical (unpaired) electrons. The number of carbonyl (C=O) groups is 2. The fourth-order valence-electron chi connectivity index (χ4n) is 2.54. The number of nitrogens with zero attached hydrogens (tertiary/aromatic N) is 1. The molecular formula is C15H24N2O4. The first-order chi connectivity index (χ1) is 9.86. The van der Waals surface area contributed by atoms with Crippen LogP contribution in [0, 0.1) is 19.8 Å². The SMILES string of the molecule is CCCC(CNC(=O)CC(C)c1c(C)noc1C)C(=O)O. The van der Waals surface area contributed by atoms with Gasteiger partial charge in [-0.05, 0) is 26.2 Å². The number of aryl methyl sites for hydroxylation is 2. The van der Waals surface area contributed by atoms with Gasteiger partial charge < -0.3 is 14.9 Å². The number of carbonyl (C=O) groups excluding carboxylic acids is 1. The monoisotopic (exact) mass is 296 g/mol. The highest BCUT2D eigenvalue weighted by Crippen LogP contribution is 2.25. The Hall–Kier alpha value is -1.85. The van der Waals surface area contributed by atoms with E-state index in [9.17, 15) is 9.59 Å². The number of hydrogen-bond acceptors (Lipinski definition) is 4. The van der Waals surface area contributed by atoms with Crippen LogP contribution in [0.3, 0.4) is 0 Å². The number of nitrogens with one attached hydrogen (secondary N) is 1. The second-order valence-corrected chi connectivity index (χ2v) is 5.47. The van der Waals surface area contributed by atoms with Gasteiger partial charge in [-0.3, -0.25) is 9.59 Å². The van der Waals surface area contributed by atoms with E-state index < -0.39 is 11.9 Å². The molecule has 0 aliphatic heterocycles. The van der Waals surface area contributed by atoms with Gasteiger partial charge in [-0.15, -0.1) is 0 Å². The maximum atomic E-state index is 11.9. The zero-order valence-corrected chi connectivity index (χ0v) is 13.1. The summed E-state index contributed by atoms with van der Waals surface area (Å²) in [4.78, 5) is 23.0. The number of carboxylic acid groups (broad SMARTS) is 1. The summed E-state index contributed by atoms with van der Waals surface area (Å²) >= 11 is 0. The summed E-state index contributed by atoms with van der Waals surface area (Å²) in [7, 11) is 0. The van der Waals surface area contributed by atoms with E-state index in [1.165, 1.54) is 0 Å². The standard InChI is InChI=1S/C15H24N2O4/c1-5-6-12(15(19)20)8-16-13(18)7-9(2)14-10(3)17-21-11(14)4/h9,12H,5-8H2,1-4H3,(H,16,18)(H,19,20). The minimum atomic E-state index is -0.865. The fourth-order valence-corrected chi connectivity index (χ4v) is 2.54. The van der Waals surface area contributed by atoms with E-state index in [4.69, 9.17) is 9.63 Å². The Balaban J connectivity index is 2.52. The van der Waals surface area contributed by atoms with Crippen LogP contribution < -0.4 is 5.32 Å². The zero-order valence-electron chi connectivity index (χ0n) is 13.1. The van der Waals surface area contributed by atoms with Crippen molar-refractivity contribution in [1.82, 2.24) is 10.5 Å². The van der Waals surface area contributed by atoms with Crippen molar-refractivity contribution in [3.05, 3.63) is 17.0 Å². The van der Waals surface area contributed by atoms with E-state index >= 15 is 0 Å². The smallest absolute Gasteiger partial charge is 0.308 e. The van der Waals surface area contributed by atoms with Crippen molar-refractivity contribution in [3.8, 4) is 0 Å². The van der Waals surface area contributed by atoms with Crippen molar-refractivity contribution in [2.75, 3.05) is 6.54 Å². The number of hydrogen-bond donors (Lipinski definition) is 2. The number of aliphatic carboxylic acids is 1. The molecule has 2 atom stereocenters. The van der Waals surface area contributed by atoms with Gasteiger partial charge in [-0.1, -0.05) is 25.4 Å². The molecule has 0 aliphatic rings. The third-order valence-electron chi connectivity index (χ3n) is 3.60. The quantitative estimate of drug-likeness (QED) is 0.768. The second-order valence-electron chi connectivity index (χ2n) is 5.47. The Morgan fingerprint density at radius 2 is 2.05 bits per heavy atom. The highest BCUT2D eigenvalue weighted by atomic mass is 16.5. The predicted octanol–water partition coefficient (Wildman–Crippen LogP) is 2.40. The van der Waals surface area contributed by atoms with Crippen molar-refractivity contribution in [3.63, 3.8) is 0 Å². The lowest BCUT2D eigenvalue weighted by Crippen LogP contribution is -2.33. The van der Waals surface area contributed by atoms with Crippen LogP contribution in [-0.4, -0.2) is 28.7 Å². The van der Waals surface area contributed by atoms with Gasteiger partial charge in [0, 0.05) is 18.5 Å². The Kier molecular flexibility index (Phi) is 6.39. The summed E-state index contributed by atoms with van der Waals surface area (Å²) in [5, 5.41) is 15.6. The van der Waals surface area contributed by atoms with E-state index in [1.807, 2.05) is 27.7 Å². The van der Waals surface area contributed by atoms with E-state index in [0.29, 0.717) is 12.8 Å². The summed E-state index contributed by atoms with van der Waals surface area (Å²) in [6.45, 7) is 7.72. The van der Waals surface area contributed by atoms with Crippen LogP contribution >= 0.6 is 0 Å². The van der Waals surface area contributed by atoms with Gasteiger partial charge in [0.2, 0.25) is 5.91 Å². The van der Waals surface area contributed by atoms with Gasteiger partial charge in [0.05, 0.1) is 11.6 Å². The summed E-state index contributed by atoms with van der Waals surface area (Å²) < 4.78 is 5.10. The Labute approximate surface area is 124 Å². The summed E-state index contributed by atoms with van der Waals surface area (Å²) in [5.41, 5.74) is 1.75. The normalized spacial score (nSPS) is 13.7. The van der Waals surface area contributed by atoms with Gasteiger partial charge in [0.25, 0.3) is 0 Å². The minimum absolute atomic E-state index is 0.00861. The first kappa shape index (κ1) is 17.2. The molecule has 2 unspecified atom stereocenters. The van der Waals surface area contributed by atoms with Gasteiger partial charge in [0.15, 0.2) is 0 Å². The van der Waals surface area contributed by atoms with Crippen molar-refractivity contribution >= 4 is 11.9 Å². The van der Waals surface area contributed by atoms with E-state index in [2.05, 4.69) is 10.5 Å². The lowest BCUT2D eigenvalue weighted by atomic mass is 9.95. The number of aromatic nitrogens is 1. The molecule has 1 amide bonds. The highest BCUT2D eigenvalue weighted by molar-refractivity contribution is 5.78. The lowest BCUT2D eigenvalue weighted by Gasteiger charge is -2.14. The maximum absolute atomic E-state index is 11.9. The number of amides is 1. The molecule has 0 aromatic carbocycles. The van der Waals surface area contributed by atoms with Crippen LogP contribution in [0.15, 0.2) is 4.52 Å². The molecule has 1 heterocycles. The molecule has 6 nitrogen and oxygen atoms in total. The molecule has 2 N–H and O–H groups in total. The van der Waals surface area contributed by atoms with Gasteiger partial charge >= 0.3 is 5.97 Å². The average molecular weight is 296 g/mol. The van der Waals surface area contributed by atoms with Crippen molar-refractivity contribution in [1.29, 1.82) is 0 Å². The Morgan fingerprint density at radius 1 is 1.38 bits per heavy atom. The van der Waals surface area contributed by atoms with Gasteiger partial charge in [-0.2, -0.15) is 0 Å². The second kappa shape index (κ2) is 7.81. The predicted molar refractivity (Wildman–Crippen MR) is 78.1 cm³/mol. The van der Waals surface area contributed by atoms with E-state index in [-0.39, 0.29) is 18.4 Å². The molecule has 1 aromatic rings. The molecular weight excluding hydrogens is 272 g/mol. The van der Waals surface area contributed by atoms with Crippen LogP contribution in [0.25, 0.3) is 0 Å². The van der Waals surface area contributed by atoms with Crippen LogP contribution in [0.2, 0.25) is 0 Å². The minimum Gasteiger partial charge on any atom is -0.481 e. The van der Waals surface area contributed by atoms with E-state index in [1.54, 1.807) is 0 Å². The molecule has 1 aromatic heterocycles. The molecule has 0 fully saturated rings. The third-order valence-corrected chi connectivity index (χ3v) is 3.60. The van der Waals surface area contributed by atoms with Crippen molar-refractivity contribution in [2.24, 2.45) is 5.92 Å². The Morgan fingerprint density at radius 3 is 2.52 bits per heavy atom. The Bertz CT molecular complexity index is 476. The highest BCUT2D eigenvalue weighted by Gasteiger charge is 2.21. The molecule has 0 spiro atoms. The molecule has 0 saturated heterocycles. The molecule has 0 bridgehead atoms. The summed E-state index contributed by atoms with van der Waals surface area (Å²) in [6.07, 6.45) is 1.64. The summed E-state index contributed by atoms with van der Waals surface area (Å²) in [5.74, 6) is -0.818. The molecule has 21 heavy (non-hydrogen) atoms. The topological polar surface area (TPSA) is 92.4 Å². The first-order valence-corrected chi connectivity index (χ1v) is 7.29. The van der Waals surface area contributed by atoms with Gasteiger partial charge in [0.1, 0.15) is 5.76 Å². The first-order valence-electron chi connectivity index (χ1n) is 7.29. The van der Waals surface area contributed by atoms with Crippen LogP contribution in [0.1, 0.15) is 56.0 Å². The molecule has 0 aliphatic carbocycles. The van der Waals surface area contributed by atoms with Crippen molar-refractivity contribution in [2.45, 2.75) is 52.9 Å².